The van der Waals surface area contributed by atoms with Crippen LogP contribution in [0.5, 0.6) is 0 Å². The van der Waals surface area contributed by atoms with Gasteiger partial charge in [-0.3, -0.25) is 13.9 Å². The second-order valence-electron chi connectivity index (χ2n) is 4.60. The Kier molecular flexibility index (Phi) is 3.84. The van der Waals surface area contributed by atoms with Gasteiger partial charge in [-0.1, -0.05) is 0 Å². The molecule has 2 aromatic rings. The predicted molar refractivity (Wildman–Crippen MR) is 71.2 cm³/mol. The lowest BCUT2D eigenvalue weighted by Gasteiger charge is -2.06. The zero-order chi connectivity index (χ0) is 14.0. The second kappa shape index (κ2) is 5.40. The van der Waals surface area contributed by atoms with Gasteiger partial charge in [-0.2, -0.15) is 0 Å². The van der Waals surface area contributed by atoms with E-state index >= 15 is 0 Å². The number of unbranched alkanes of at least 4 members (excludes halogenated alkanes) is 2. The van der Waals surface area contributed by atoms with Crippen LogP contribution in [0.15, 0.2) is 15.9 Å². The predicted octanol–water partition coefficient (Wildman–Crippen LogP) is -0.404. The topological polar surface area (TPSA) is 82.0 Å². The number of imidazole rings is 1. The molecule has 0 aliphatic carbocycles. The van der Waals surface area contributed by atoms with Crippen LogP contribution in [0.2, 0.25) is 0 Å². The third-order valence-corrected chi connectivity index (χ3v) is 3.27. The molecule has 0 atom stereocenters. The molecule has 2 aromatic heterocycles. The fraction of sp³-hybridized carbons (Fsp3) is 0.583. The number of rotatable bonds is 5. The van der Waals surface area contributed by atoms with E-state index in [-0.39, 0.29) is 17.9 Å². The molecule has 2 heterocycles. The number of hydrogen-bond donors (Lipinski definition) is 1. The van der Waals surface area contributed by atoms with Crippen LogP contribution in [0.3, 0.4) is 0 Å². The van der Waals surface area contributed by atoms with Crippen LogP contribution < -0.4 is 11.2 Å². The summed E-state index contributed by atoms with van der Waals surface area (Å²) in [5.41, 5.74) is 0.171. The largest absolute Gasteiger partial charge is 0.396 e. The van der Waals surface area contributed by atoms with Crippen molar-refractivity contribution in [2.24, 2.45) is 14.1 Å². The molecule has 0 aliphatic rings. The standard InChI is InChI=1S/C12H18N4O3/c1-14-10-9(11(18)15(2)12(14)19)16(8-13-10)6-4-3-5-7-17/h8,17H,3-7H2,1-2H3. The summed E-state index contributed by atoms with van der Waals surface area (Å²) in [6.07, 6.45) is 4.09. The van der Waals surface area contributed by atoms with E-state index < -0.39 is 0 Å². The molecule has 7 heteroatoms. The van der Waals surface area contributed by atoms with Gasteiger partial charge in [0.2, 0.25) is 0 Å². The first-order chi connectivity index (χ1) is 9.07. The molecule has 19 heavy (non-hydrogen) atoms. The number of aromatic nitrogens is 4. The van der Waals surface area contributed by atoms with Crippen LogP contribution in [-0.4, -0.2) is 30.4 Å². The summed E-state index contributed by atoms with van der Waals surface area (Å²) >= 11 is 0. The van der Waals surface area contributed by atoms with Crippen LogP contribution in [0.25, 0.3) is 11.2 Å². The number of hydrogen-bond acceptors (Lipinski definition) is 4. The SMILES string of the molecule is Cn1c(=O)c2c(ncn2CCCCCO)n(C)c1=O. The number of aliphatic hydroxyl groups is 1. The number of aliphatic hydroxyl groups excluding tert-OH is 1. The van der Waals surface area contributed by atoms with Gasteiger partial charge < -0.3 is 9.67 Å². The molecule has 0 fully saturated rings. The Balaban J connectivity index is 2.43. The summed E-state index contributed by atoms with van der Waals surface area (Å²) in [6.45, 7) is 0.838. The van der Waals surface area contributed by atoms with E-state index in [0.717, 1.165) is 23.8 Å². The molecular weight excluding hydrogens is 248 g/mol. The Morgan fingerprint density at radius 3 is 2.58 bits per heavy atom. The minimum absolute atomic E-state index is 0.181. The lowest BCUT2D eigenvalue weighted by atomic mass is 10.2. The van der Waals surface area contributed by atoms with Gasteiger partial charge in [0.25, 0.3) is 5.56 Å². The lowest BCUT2D eigenvalue weighted by Crippen LogP contribution is -2.37. The maximum atomic E-state index is 12.1. The molecule has 0 amide bonds. The zero-order valence-electron chi connectivity index (χ0n) is 11.2. The molecular formula is C12H18N4O3. The summed E-state index contributed by atoms with van der Waals surface area (Å²) in [4.78, 5) is 28.0. The Morgan fingerprint density at radius 2 is 1.89 bits per heavy atom. The molecule has 0 saturated carbocycles. The number of fused-ring (bicyclic) bond motifs is 1. The quantitative estimate of drug-likeness (QED) is 0.746. The highest BCUT2D eigenvalue weighted by Crippen LogP contribution is 2.07. The van der Waals surface area contributed by atoms with E-state index in [9.17, 15) is 9.59 Å². The van der Waals surface area contributed by atoms with E-state index in [1.54, 1.807) is 17.9 Å². The molecule has 0 aliphatic heterocycles. The summed E-state index contributed by atoms with van der Waals surface area (Å²) in [5, 5.41) is 8.73. The van der Waals surface area contributed by atoms with E-state index in [1.807, 2.05) is 0 Å². The van der Waals surface area contributed by atoms with Crippen LogP contribution in [0.4, 0.5) is 0 Å². The van der Waals surface area contributed by atoms with Gasteiger partial charge in [-0.15, -0.1) is 0 Å². The maximum Gasteiger partial charge on any atom is 0.332 e. The molecule has 2 rings (SSSR count). The second-order valence-corrected chi connectivity index (χ2v) is 4.60. The summed E-state index contributed by atoms with van der Waals surface area (Å²) < 4.78 is 4.24. The first-order valence-electron chi connectivity index (χ1n) is 6.29. The van der Waals surface area contributed by atoms with Gasteiger partial charge in [0, 0.05) is 27.2 Å². The van der Waals surface area contributed by atoms with E-state index in [0.29, 0.717) is 17.7 Å². The molecule has 0 aromatic carbocycles. The first-order valence-corrected chi connectivity index (χ1v) is 6.29. The van der Waals surface area contributed by atoms with Crippen molar-refractivity contribution in [3.05, 3.63) is 27.2 Å². The molecule has 7 nitrogen and oxygen atoms in total. The van der Waals surface area contributed by atoms with E-state index in [4.69, 9.17) is 5.11 Å². The molecule has 0 bridgehead atoms. The Labute approximate surface area is 109 Å². The van der Waals surface area contributed by atoms with Gasteiger partial charge in [-0.05, 0) is 19.3 Å². The van der Waals surface area contributed by atoms with Crippen LogP contribution in [0.1, 0.15) is 19.3 Å². The van der Waals surface area contributed by atoms with Crippen LogP contribution >= 0.6 is 0 Å². The van der Waals surface area contributed by atoms with Crippen molar-refractivity contribution in [3.63, 3.8) is 0 Å². The number of nitrogens with zero attached hydrogens (tertiary/aromatic N) is 4. The summed E-state index contributed by atoms with van der Waals surface area (Å²) in [5.74, 6) is 0. The Morgan fingerprint density at radius 1 is 1.16 bits per heavy atom. The molecule has 1 N–H and O–H groups in total. The summed E-state index contributed by atoms with van der Waals surface area (Å²) in [7, 11) is 3.07. The lowest BCUT2D eigenvalue weighted by molar-refractivity contribution is 0.282. The molecule has 0 unspecified atom stereocenters. The average Bonchev–Trinajstić information content (AvgIpc) is 2.83. The normalized spacial score (nSPS) is 11.3. The van der Waals surface area contributed by atoms with Gasteiger partial charge in [0.05, 0.1) is 6.33 Å². The highest BCUT2D eigenvalue weighted by molar-refractivity contribution is 5.69. The van der Waals surface area contributed by atoms with E-state index in [2.05, 4.69) is 4.98 Å². The molecule has 0 radical (unpaired) electrons. The highest BCUT2D eigenvalue weighted by Gasteiger charge is 2.13. The third-order valence-electron chi connectivity index (χ3n) is 3.27. The van der Waals surface area contributed by atoms with Crippen molar-refractivity contribution in [2.75, 3.05) is 6.61 Å². The van der Waals surface area contributed by atoms with Crippen LogP contribution in [0, 0.1) is 0 Å². The van der Waals surface area contributed by atoms with Crippen molar-refractivity contribution >= 4 is 11.2 Å². The van der Waals surface area contributed by atoms with Gasteiger partial charge in [-0.25, -0.2) is 9.78 Å². The van der Waals surface area contributed by atoms with Gasteiger partial charge in [0.1, 0.15) is 0 Å². The Hall–Kier alpha value is -1.89. The molecule has 104 valence electrons. The number of aryl methyl sites for hydroxylation is 2. The van der Waals surface area contributed by atoms with E-state index in [1.165, 1.54) is 11.6 Å². The van der Waals surface area contributed by atoms with Gasteiger partial charge in [0.15, 0.2) is 11.2 Å². The smallest absolute Gasteiger partial charge is 0.332 e. The van der Waals surface area contributed by atoms with Gasteiger partial charge >= 0.3 is 5.69 Å². The highest BCUT2D eigenvalue weighted by atomic mass is 16.3. The Bertz CT molecular complexity index is 695. The maximum absolute atomic E-state index is 12.1. The third kappa shape index (κ3) is 2.33. The molecule has 0 saturated heterocycles. The zero-order valence-corrected chi connectivity index (χ0v) is 11.2. The minimum atomic E-state index is -0.372. The van der Waals surface area contributed by atoms with Crippen molar-refractivity contribution in [2.45, 2.75) is 25.8 Å². The van der Waals surface area contributed by atoms with Crippen molar-refractivity contribution < 1.29 is 5.11 Å². The fourth-order valence-corrected chi connectivity index (χ4v) is 2.14. The first kappa shape index (κ1) is 13.5. The fourth-order valence-electron chi connectivity index (χ4n) is 2.14. The average molecular weight is 266 g/mol. The van der Waals surface area contributed by atoms with Crippen molar-refractivity contribution in [3.8, 4) is 0 Å². The van der Waals surface area contributed by atoms with Crippen LogP contribution in [-0.2, 0) is 20.6 Å². The monoisotopic (exact) mass is 266 g/mol. The summed E-state index contributed by atoms with van der Waals surface area (Å²) in [6, 6.07) is 0. The minimum Gasteiger partial charge on any atom is -0.396 e. The van der Waals surface area contributed by atoms with Crippen molar-refractivity contribution in [1.82, 2.24) is 18.7 Å². The van der Waals surface area contributed by atoms with Crippen molar-refractivity contribution in [1.29, 1.82) is 0 Å². The molecule has 0 spiro atoms.